The summed E-state index contributed by atoms with van der Waals surface area (Å²) in [5, 5.41) is 11.3. The Kier molecular flexibility index (Phi) is 5.21. The quantitative estimate of drug-likeness (QED) is 0.882. The number of hydrogen-bond acceptors (Lipinski definition) is 4. The molecule has 116 valence electrons. The highest BCUT2D eigenvalue weighted by Crippen LogP contribution is 2.16. The van der Waals surface area contributed by atoms with Crippen LogP contribution >= 0.6 is 11.3 Å². The van der Waals surface area contributed by atoms with E-state index in [0.29, 0.717) is 12.1 Å². The number of aliphatic carboxylic acids is 1. The van der Waals surface area contributed by atoms with Crippen LogP contribution in [-0.2, 0) is 22.4 Å². The molecule has 22 heavy (non-hydrogen) atoms. The summed E-state index contributed by atoms with van der Waals surface area (Å²) in [6.07, 6.45) is 0.647. The van der Waals surface area contributed by atoms with Gasteiger partial charge in [0.2, 0.25) is 5.91 Å². The Hall–Kier alpha value is -2.28. The Morgan fingerprint density at radius 2 is 2.00 bits per heavy atom. The molecule has 0 aliphatic heterocycles. The second-order valence-corrected chi connectivity index (χ2v) is 5.80. The molecular weight excluding hydrogens is 307 g/mol. The van der Waals surface area contributed by atoms with Gasteiger partial charge in [-0.05, 0) is 17.7 Å². The lowest BCUT2D eigenvalue weighted by atomic mass is 10.1. The van der Waals surface area contributed by atoms with Gasteiger partial charge < -0.3 is 10.0 Å². The third kappa shape index (κ3) is 4.63. The van der Waals surface area contributed by atoms with Crippen LogP contribution in [0.4, 0.5) is 4.39 Å². The highest BCUT2D eigenvalue weighted by atomic mass is 32.1. The van der Waals surface area contributed by atoms with E-state index in [2.05, 4.69) is 4.98 Å². The standard InChI is InChI=1S/C15H15FN2O3S/c1-18(8-15(20)21)14(19)7-12-9-22-13(17-12)6-10-2-4-11(16)5-3-10/h2-5,9H,6-8H2,1H3,(H,20,21). The van der Waals surface area contributed by atoms with Crippen molar-refractivity contribution in [3.8, 4) is 0 Å². The van der Waals surface area contributed by atoms with Crippen molar-refractivity contribution in [2.24, 2.45) is 0 Å². The molecule has 1 aromatic heterocycles. The third-order valence-electron chi connectivity index (χ3n) is 3.00. The molecule has 2 aromatic rings. The molecule has 0 unspecified atom stereocenters. The molecule has 1 amide bonds. The lowest BCUT2D eigenvalue weighted by Crippen LogP contribution is -2.33. The summed E-state index contributed by atoms with van der Waals surface area (Å²) in [5.74, 6) is -1.62. The molecule has 1 heterocycles. The highest BCUT2D eigenvalue weighted by Gasteiger charge is 2.14. The first-order chi connectivity index (χ1) is 10.4. The number of carboxylic acid groups (broad SMARTS) is 1. The SMILES string of the molecule is CN(CC(=O)O)C(=O)Cc1csc(Cc2ccc(F)cc2)n1. The van der Waals surface area contributed by atoms with E-state index >= 15 is 0 Å². The Morgan fingerprint density at radius 3 is 2.64 bits per heavy atom. The first-order valence-corrected chi connectivity index (χ1v) is 7.45. The van der Waals surface area contributed by atoms with E-state index in [4.69, 9.17) is 5.11 Å². The van der Waals surface area contributed by atoms with Gasteiger partial charge in [-0.15, -0.1) is 11.3 Å². The maximum absolute atomic E-state index is 12.8. The molecule has 0 aliphatic carbocycles. The number of benzene rings is 1. The predicted octanol–water partition coefficient (Wildman–Crippen LogP) is 1.96. The van der Waals surface area contributed by atoms with Crippen LogP contribution in [-0.4, -0.2) is 40.5 Å². The monoisotopic (exact) mass is 322 g/mol. The van der Waals surface area contributed by atoms with Gasteiger partial charge in [0.1, 0.15) is 12.4 Å². The number of nitrogens with zero attached hydrogens (tertiary/aromatic N) is 2. The van der Waals surface area contributed by atoms with E-state index in [-0.39, 0.29) is 24.7 Å². The van der Waals surface area contributed by atoms with Gasteiger partial charge >= 0.3 is 5.97 Å². The number of aromatic nitrogens is 1. The fourth-order valence-electron chi connectivity index (χ4n) is 1.87. The summed E-state index contributed by atoms with van der Waals surface area (Å²) in [6.45, 7) is -0.328. The van der Waals surface area contributed by atoms with E-state index in [1.165, 1.54) is 30.5 Å². The fraction of sp³-hybridized carbons (Fsp3) is 0.267. The molecule has 0 atom stereocenters. The summed E-state index contributed by atoms with van der Waals surface area (Å²) < 4.78 is 12.8. The summed E-state index contributed by atoms with van der Waals surface area (Å²) in [5.41, 5.74) is 1.56. The van der Waals surface area contributed by atoms with Crippen molar-refractivity contribution >= 4 is 23.2 Å². The zero-order valence-corrected chi connectivity index (χ0v) is 12.8. The van der Waals surface area contributed by atoms with Crippen LogP contribution in [0.25, 0.3) is 0 Å². The van der Waals surface area contributed by atoms with Crippen molar-refractivity contribution in [3.05, 3.63) is 51.7 Å². The summed E-state index contributed by atoms with van der Waals surface area (Å²) in [6, 6.07) is 6.19. The molecule has 1 N–H and O–H groups in total. The average molecular weight is 322 g/mol. The van der Waals surface area contributed by atoms with Crippen LogP contribution in [0.3, 0.4) is 0 Å². The zero-order valence-electron chi connectivity index (χ0n) is 12.0. The number of thiazole rings is 1. The Bertz CT molecular complexity index is 670. The maximum atomic E-state index is 12.8. The summed E-state index contributed by atoms with van der Waals surface area (Å²) >= 11 is 1.42. The lowest BCUT2D eigenvalue weighted by Gasteiger charge is -2.13. The number of carbonyl (C=O) groups is 2. The number of hydrogen-bond donors (Lipinski definition) is 1. The molecule has 0 saturated carbocycles. The molecule has 0 radical (unpaired) electrons. The van der Waals surface area contributed by atoms with Crippen molar-refractivity contribution in [2.45, 2.75) is 12.8 Å². The van der Waals surface area contributed by atoms with Gasteiger partial charge in [0.15, 0.2) is 0 Å². The Balaban J connectivity index is 1.95. The van der Waals surface area contributed by atoms with Crippen LogP contribution in [0.1, 0.15) is 16.3 Å². The minimum absolute atomic E-state index is 0.0731. The van der Waals surface area contributed by atoms with Gasteiger partial charge in [-0.2, -0.15) is 0 Å². The van der Waals surface area contributed by atoms with Crippen LogP contribution in [0.5, 0.6) is 0 Å². The number of carbonyl (C=O) groups excluding carboxylic acids is 1. The lowest BCUT2D eigenvalue weighted by molar-refractivity contribution is -0.143. The van der Waals surface area contributed by atoms with Crippen LogP contribution in [0.15, 0.2) is 29.6 Å². The molecule has 0 saturated heterocycles. The molecule has 0 fully saturated rings. The van der Waals surface area contributed by atoms with Crippen LogP contribution in [0, 0.1) is 5.82 Å². The largest absolute Gasteiger partial charge is 0.480 e. The Morgan fingerprint density at radius 1 is 1.32 bits per heavy atom. The first-order valence-electron chi connectivity index (χ1n) is 6.57. The molecule has 0 spiro atoms. The summed E-state index contributed by atoms with van der Waals surface area (Å²) in [7, 11) is 1.45. The molecule has 2 rings (SSSR count). The van der Waals surface area contributed by atoms with E-state index in [9.17, 15) is 14.0 Å². The predicted molar refractivity (Wildman–Crippen MR) is 80.3 cm³/mol. The number of amides is 1. The van der Waals surface area contributed by atoms with Gasteiger partial charge in [-0.3, -0.25) is 9.59 Å². The highest BCUT2D eigenvalue weighted by molar-refractivity contribution is 7.09. The molecule has 7 heteroatoms. The van der Waals surface area contributed by atoms with Gasteiger partial charge in [0, 0.05) is 18.8 Å². The number of halogens is 1. The van der Waals surface area contributed by atoms with Crippen molar-refractivity contribution < 1.29 is 19.1 Å². The summed E-state index contributed by atoms with van der Waals surface area (Å²) in [4.78, 5) is 27.9. The smallest absolute Gasteiger partial charge is 0.323 e. The minimum Gasteiger partial charge on any atom is -0.480 e. The van der Waals surface area contributed by atoms with Crippen molar-refractivity contribution in [2.75, 3.05) is 13.6 Å². The molecule has 1 aromatic carbocycles. The normalized spacial score (nSPS) is 10.5. The van der Waals surface area contributed by atoms with Crippen LogP contribution < -0.4 is 0 Å². The third-order valence-corrected chi connectivity index (χ3v) is 3.90. The van der Waals surface area contributed by atoms with Crippen molar-refractivity contribution in [3.63, 3.8) is 0 Å². The van der Waals surface area contributed by atoms with Crippen molar-refractivity contribution in [1.82, 2.24) is 9.88 Å². The van der Waals surface area contributed by atoms with E-state index < -0.39 is 5.97 Å². The first kappa shape index (κ1) is 16.1. The van der Waals surface area contributed by atoms with E-state index in [1.54, 1.807) is 17.5 Å². The van der Waals surface area contributed by atoms with Crippen LogP contribution in [0.2, 0.25) is 0 Å². The molecule has 0 aliphatic rings. The topological polar surface area (TPSA) is 70.5 Å². The molecule has 5 nitrogen and oxygen atoms in total. The van der Waals surface area contributed by atoms with Gasteiger partial charge in [-0.1, -0.05) is 12.1 Å². The average Bonchev–Trinajstić information content (AvgIpc) is 2.88. The van der Waals surface area contributed by atoms with Crippen molar-refractivity contribution in [1.29, 1.82) is 0 Å². The Labute approximate surface area is 131 Å². The van der Waals surface area contributed by atoms with Gasteiger partial charge in [0.25, 0.3) is 0 Å². The minimum atomic E-state index is -1.05. The number of likely N-dealkylation sites (N-methyl/N-ethyl adjacent to an activating group) is 1. The number of rotatable bonds is 6. The molecule has 0 bridgehead atoms. The maximum Gasteiger partial charge on any atom is 0.323 e. The number of carboxylic acids is 1. The fourth-order valence-corrected chi connectivity index (χ4v) is 2.70. The molecular formula is C15H15FN2O3S. The second kappa shape index (κ2) is 7.13. The van der Waals surface area contributed by atoms with Gasteiger partial charge in [0.05, 0.1) is 17.1 Å². The van der Waals surface area contributed by atoms with E-state index in [1.807, 2.05) is 0 Å². The second-order valence-electron chi connectivity index (χ2n) is 4.86. The zero-order chi connectivity index (χ0) is 16.1. The van der Waals surface area contributed by atoms with E-state index in [0.717, 1.165) is 15.5 Å². The van der Waals surface area contributed by atoms with Gasteiger partial charge in [-0.25, -0.2) is 9.37 Å².